The zero-order valence-electron chi connectivity index (χ0n) is 10.3. The molecule has 2 saturated carbocycles. The number of carboxylic acid groups (broad SMARTS) is 1. The summed E-state index contributed by atoms with van der Waals surface area (Å²) in [5.41, 5.74) is 0. The second kappa shape index (κ2) is 4.60. The molecule has 2 bridgehead atoms. The molecule has 0 spiro atoms. The predicted molar refractivity (Wildman–Crippen MR) is 66.0 cm³/mol. The molecule has 0 amide bonds. The average molecular weight is 321 g/mol. The van der Waals surface area contributed by atoms with Crippen LogP contribution in [0, 0.1) is 17.8 Å². The molecular weight excluding hydrogens is 308 g/mol. The molecule has 0 aromatic heterocycles. The van der Waals surface area contributed by atoms with Gasteiger partial charge in [0.05, 0.1) is 6.42 Å². The van der Waals surface area contributed by atoms with Crippen molar-refractivity contribution in [3.63, 3.8) is 0 Å². The fourth-order valence-electron chi connectivity index (χ4n) is 3.76. The summed E-state index contributed by atoms with van der Waals surface area (Å²) in [7, 11) is -3.93. The maximum Gasteiger partial charge on any atom is 0.306 e. The molecule has 0 radical (unpaired) electrons. The summed E-state index contributed by atoms with van der Waals surface area (Å²) in [6.07, 6.45) is -1.14. The van der Waals surface area contributed by atoms with Gasteiger partial charge in [0, 0.05) is 29.5 Å². The number of carbonyl (C=O) groups excluding carboxylic acids is 2. The van der Waals surface area contributed by atoms with Gasteiger partial charge in [-0.05, 0) is 6.42 Å². The van der Waals surface area contributed by atoms with E-state index in [0.29, 0.717) is 12.2 Å². The number of aliphatic carboxylic acids is 1. The number of thiol groups is 1. The van der Waals surface area contributed by atoms with Crippen LogP contribution in [0.5, 0.6) is 0 Å². The van der Waals surface area contributed by atoms with Gasteiger partial charge in [-0.1, -0.05) is 0 Å². The predicted octanol–water partition coefficient (Wildman–Crippen LogP) is -1.67. The van der Waals surface area contributed by atoms with Gasteiger partial charge in [-0.3, -0.25) is 8.98 Å². The Morgan fingerprint density at radius 1 is 1.35 bits per heavy atom. The first kappa shape index (κ1) is 14.2. The zero-order chi connectivity index (χ0) is 14.7. The van der Waals surface area contributed by atoms with Gasteiger partial charge in [-0.2, -0.15) is 21.0 Å². The first-order valence-corrected chi connectivity index (χ1v) is 8.40. The van der Waals surface area contributed by atoms with Crippen LogP contribution in [0.3, 0.4) is 0 Å². The highest BCUT2D eigenvalue weighted by molar-refractivity contribution is 7.87. The summed E-state index contributed by atoms with van der Waals surface area (Å²) in [5, 5.41) is 10.2. The van der Waals surface area contributed by atoms with Crippen molar-refractivity contribution in [2.24, 2.45) is 17.8 Å². The number of fused-ring (bicyclic) bond motifs is 1. The fourth-order valence-corrected chi connectivity index (χ4v) is 5.99. The maximum absolute atomic E-state index is 11.9. The first-order valence-electron chi connectivity index (χ1n) is 6.30. The summed E-state index contributed by atoms with van der Waals surface area (Å²) in [5.74, 6) is -3.81. The van der Waals surface area contributed by atoms with Gasteiger partial charge >= 0.3 is 5.97 Å². The molecule has 0 aromatic rings. The van der Waals surface area contributed by atoms with Crippen molar-refractivity contribution in [2.45, 2.75) is 30.3 Å². The molecule has 20 heavy (non-hydrogen) atoms. The minimum Gasteiger partial charge on any atom is -0.550 e. The Morgan fingerprint density at radius 3 is 2.65 bits per heavy atom. The van der Waals surface area contributed by atoms with Crippen molar-refractivity contribution >= 4 is 34.7 Å². The molecule has 0 aromatic carbocycles. The lowest BCUT2D eigenvalue weighted by atomic mass is 9.84. The lowest BCUT2D eigenvalue weighted by molar-refractivity contribution is -0.314. The van der Waals surface area contributed by atoms with Crippen LogP contribution >= 0.6 is 12.6 Å². The summed E-state index contributed by atoms with van der Waals surface area (Å²) < 4.78 is 34.0. The zero-order valence-corrected chi connectivity index (χ0v) is 12.0. The number of carbonyl (C=O) groups is 2. The Hall–Kier alpha value is -0.800. The van der Waals surface area contributed by atoms with Crippen molar-refractivity contribution in [1.29, 1.82) is 0 Å². The molecule has 6 unspecified atom stereocenters. The van der Waals surface area contributed by atoms with Crippen molar-refractivity contribution < 1.29 is 32.0 Å². The standard InChI is InChI=1S/C11H14O7S2/c12-6(1-2-19)17-8-4-3-5-9(8)18-20(15,16)10(5)7(4)11(13)14/h4-5,7-10,19H,1-3H2,(H,13,14)/p-1. The molecular formula is C11H13O7S2-. The molecule has 0 N–H and O–H groups in total. The Morgan fingerprint density at radius 2 is 2.05 bits per heavy atom. The number of hydrogen-bond acceptors (Lipinski definition) is 8. The van der Waals surface area contributed by atoms with Crippen molar-refractivity contribution in [3.05, 3.63) is 0 Å². The molecule has 3 aliphatic rings. The molecule has 1 aliphatic heterocycles. The molecule has 1 heterocycles. The topological polar surface area (TPSA) is 110 Å². The van der Waals surface area contributed by atoms with E-state index in [0.717, 1.165) is 0 Å². The van der Waals surface area contributed by atoms with Gasteiger partial charge in [0.25, 0.3) is 10.1 Å². The number of hydrogen-bond donors (Lipinski definition) is 1. The third-order valence-electron chi connectivity index (χ3n) is 4.38. The van der Waals surface area contributed by atoms with Crippen LogP contribution in [0.4, 0.5) is 0 Å². The van der Waals surface area contributed by atoms with E-state index < -0.39 is 57.3 Å². The van der Waals surface area contributed by atoms with E-state index in [1.807, 2.05) is 0 Å². The van der Waals surface area contributed by atoms with Crippen LogP contribution in [0.15, 0.2) is 0 Å². The average Bonchev–Trinajstić information content (AvgIpc) is 2.91. The summed E-state index contributed by atoms with van der Waals surface area (Å²) in [4.78, 5) is 22.8. The van der Waals surface area contributed by atoms with E-state index in [-0.39, 0.29) is 6.42 Å². The third kappa shape index (κ3) is 1.86. The van der Waals surface area contributed by atoms with Gasteiger partial charge in [0.2, 0.25) is 0 Å². The normalized spacial score (nSPS) is 43.6. The van der Waals surface area contributed by atoms with Crippen molar-refractivity contribution in [3.8, 4) is 0 Å². The highest BCUT2D eigenvalue weighted by Gasteiger charge is 2.70. The third-order valence-corrected chi connectivity index (χ3v) is 6.41. The van der Waals surface area contributed by atoms with E-state index in [4.69, 9.17) is 8.92 Å². The molecule has 6 atom stereocenters. The second-order valence-corrected chi connectivity index (χ2v) is 7.52. The van der Waals surface area contributed by atoms with Crippen LogP contribution in [0.25, 0.3) is 0 Å². The lowest BCUT2D eigenvalue weighted by Crippen LogP contribution is -2.49. The Balaban J connectivity index is 1.89. The van der Waals surface area contributed by atoms with E-state index in [2.05, 4.69) is 12.6 Å². The van der Waals surface area contributed by atoms with Crippen LogP contribution in [0.1, 0.15) is 12.8 Å². The number of carboxylic acids is 1. The summed E-state index contributed by atoms with van der Waals surface area (Å²) in [6.45, 7) is 0. The van der Waals surface area contributed by atoms with Crippen molar-refractivity contribution in [1.82, 2.24) is 0 Å². The van der Waals surface area contributed by atoms with Crippen LogP contribution in [-0.2, 0) is 28.6 Å². The Labute approximate surface area is 121 Å². The van der Waals surface area contributed by atoms with Gasteiger partial charge < -0.3 is 14.6 Å². The minimum atomic E-state index is -3.93. The number of rotatable bonds is 4. The Kier molecular flexibility index (Phi) is 3.26. The summed E-state index contributed by atoms with van der Waals surface area (Å²) in [6, 6.07) is 0. The summed E-state index contributed by atoms with van der Waals surface area (Å²) >= 11 is 3.91. The van der Waals surface area contributed by atoms with Crippen LogP contribution < -0.4 is 5.11 Å². The molecule has 2 aliphatic carbocycles. The Bertz CT molecular complexity index is 557. The number of ether oxygens (including phenoxy) is 1. The highest BCUT2D eigenvalue weighted by atomic mass is 32.2. The van der Waals surface area contributed by atoms with Gasteiger partial charge in [-0.15, -0.1) is 0 Å². The van der Waals surface area contributed by atoms with Crippen LogP contribution in [-0.4, -0.2) is 43.6 Å². The van der Waals surface area contributed by atoms with Crippen molar-refractivity contribution in [2.75, 3.05) is 5.75 Å². The smallest absolute Gasteiger partial charge is 0.306 e. The SMILES string of the molecule is O=C(CCS)OC1C2CC3C1OS(=O)(=O)C3C2C(=O)[O-]. The molecule has 3 fully saturated rings. The maximum atomic E-state index is 11.9. The second-order valence-electron chi connectivity index (χ2n) is 5.35. The lowest BCUT2D eigenvalue weighted by Gasteiger charge is -2.31. The monoisotopic (exact) mass is 321 g/mol. The van der Waals surface area contributed by atoms with Gasteiger partial charge in [-0.25, -0.2) is 0 Å². The first-order chi connectivity index (χ1) is 9.36. The molecule has 7 nitrogen and oxygen atoms in total. The number of esters is 1. The largest absolute Gasteiger partial charge is 0.550 e. The van der Waals surface area contributed by atoms with E-state index in [9.17, 15) is 23.1 Å². The quantitative estimate of drug-likeness (QED) is 0.374. The fraction of sp³-hybridized carbons (Fsp3) is 0.818. The van der Waals surface area contributed by atoms with E-state index >= 15 is 0 Å². The molecule has 1 saturated heterocycles. The minimum absolute atomic E-state index is 0.0793. The van der Waals surface area contributed by atoms with Gasteiger partial charge in [0.15, 0.2) is 0 Å². The van der Waals surface area contributed by atoms with E-state index in [1.165, 1.54) is 0 Å². The molecule has 112 valence electrons. The molecule has 9 heteroatoms. The molecule has 3 rings (SSSR count). The highest BCUT2D eigenvalue weighted by Crippen LogP contribution is 2.58. The van der Waals surface area contributed by atoms with E-state index in [1.54, 1.807) is 0 Å². The van der Waals surface area contributed by atoms with Gasteiger partial charge in [0.1, 0.15) is 17.5 Å². The van der Waals surface area contributed by atoms with Crippen LogP contribution in [0.2, 0.25) is 0 Å².